The van der Waals surface area contributed by atoms with E-state index in [1.807, 2.05) is 0 Å². The molecule has 0 spiro atoms. The predicted octanol–water partition coefficient (Wildman–Crippen LogP) is -2.99. The summed E-state index contributed by atoms with van der Waals surface area (Å²) in [4.78, 5) is 10.5. The third-order valence-electron chi connectivity index (χ3n) is 1.67. The zero-order valence-corrected chi connectivity index (χ0v) is 7.16. The molecule has 0 aromatic carbocycles. The number of hydrogen-bond donors (Lipinski definition) is 5. The van der Waals surface area contributed by atoms with Crippen LogP contribution in [0.2, 0.25) is 0 Å². The van der Waals surface area contributed by atoms with E-state index >= 15 is 0 Å². The van der Waals surface area contributed by atoms with Gasteiger partial charge in [0, 0.05) is 0 Å². The fraction of sp³-hybridized carbons (Fsp3) is 0.857. The lowest BCUT2D eigenvalue weighted by molar-refractivity contribution is -0.145. The Morgan fingerprint density at radius 2 is 1.62 bits per heavy atom. The highest BCUT2D eigenvalue weighted by molar-refractivity contribution is 5.80. The van der Waals surface area contributed by atoms with Crippen LogP contribution in [0.3, 0.4) is 0 Å². The van der Waals surface area contributed by atoms with Crippen molar-refractivity contribution in [1.82, 2.24) is 0 Å². The highest BCUT2D eigenvalue weighted by Gasteiger charge is 2.32. The first-order valence-electron chi connectivity index (χ1n) is 3.75. The number of carbonyl (C=O) groups is 1. The van der Waals surface area contributed by atoms with E-state index in [-0.39, 0.29) is 0 Å². The number of ketones is 1. The number of aliphatic hydroxyl groups excluding tert-OH is 5. The number of aliphatic hydroxyl groups is 5. The standard InChI is InChI=1S/C7H14O6/c1-3(9)5(11)7(13)6(12)4(10)2-8/h4-8,10-13H,2H2,1H3/t4-,5?,6+,7+/m1/s1. The summed E-state index contributed by atoms with van der Waals surface area (Å²) in [5, 5.41) is 44.3. The van der Waals surface area contributed by atoms with Gasteiger partial charge in [-0.15, -0.1) is 0 Å². The topological polar surface area (TPSA) is 118 Å². The molecule has 1 unspecified atom stereocenters. The van der Waals surface area contributed by atoms with E-state index in [1.54, 1.807) is 0 Å². The van der Waals surface area contributed by atoms with Gasteiger partial charge >= 0.3 is 0 Å². The van der Waals surface area contributed by atoms with Crippen LogP contribution in [-0.4, -0.2) is 62.3 Å². The second kappa shape index (κ2) is 5.25. The Kier molecular flexibility index (Phi) is 5.04. The quantitative estimate of drug-likeness (QED) is 0.318. The monoisotopic (exact) mass is 194 g/mol. The lowest BCUT2D eigenvalue weighted by Crippen LogP contribution is -2.48. The van der Waals surface area contributed by atoms with Crippen molar-refractivity contribution in [2.24, 2.45) is 0 Å². The smallest absolute Gasteiger partial charge is 0.160 e. The molecule has 6 nitrogen and oxygen atoms in total. The number of hydrogen-bond acceptors (Lipinski definition) is 6. The lowest BCUT2D eigenvalue weighted by Gasteiger charge is -2.23. The maximum absolute atomic E-state index is 10.5. The molecular formula is C7H14O6. The van der Waals surface area contributed by atoms with Crippen LogP contribution >= 0.6 is 0 Å². The van der Waals surface area contributed by atoms with E-state index in [2.05, 4.69) is 0 Å². The molecule has 0 radical (unpaired) electrons. The molecule has 0 aromatic rings. The highest BCUT2D eigenvalue weighted by Crippen LogP contribution is 2.05. The first-order valence-corrected chi connectivity index (χ1v) is 3.75. The Bertz CT molecular complexity index is 170. The first-order chi connectivity index (χ1) is 5.91. The molecule has 78 valence electrons. The summed E-state index contributed by atoms with van der Waals surface area (Å²) in [6.07, 6.45) is -6.87. The molecule has 0 saturated carbocycles. The van der Waals surface area contributed by atoms with Crippen molar-refractivity contribution in [2.75, 3.05) is 6.61 Å². The molecule has 6 heteroatoms. The molecule has 5 N–H and O–H groups in total. The summed E-state index contributed by atoms with van der Waals surface area (Å²) >= 11 is 0. The molecule has 0 aliphatic rings. The largest absolute Gasteiger partial charge is 0.394 e. The summed E-state index contributed by atoms with van der Waals surface area (Å²) in [6, 6.07) is 0. The summed E-state index contributed by atoms with van der Waals surface area (Å²) in [5.41, 5.74) is 0. The summed E-state index contributed by atoms with van der Waals surface area (Å²) in [6.45, 7) is 0.273. The van der Waals surface area contributed by atoms with Crippen LogP contribution in [0.4, 0.5) is 0 Å². The van der Waals surface area contributed by atoms with Crippen LogP contribution in [0.25, 0.3) is 0 Å². The number of rotatable bonds is 5. The fourth-order valence-corrected chi connectivity index (χ4v) is 0.763. The van der Waals surface area contributed by atoms with E-state index in [0.717, 1.165) is 6.92 Å². The van der Waals surface area contributed by atoms with Gasteiger partial charge in [0.05, 0.1) is 6.61 Å². The summed E-state index contributed by atoms with van der Waals surface area (Å²) < 4.78 is 0. The van der Waals surface area contributed by atoms with Crippen LogP contribution in [0.1, 0.15) is 6.92 Å². The van der Waals surface area contributed by atoms with Crippen molar-refractivity contribution in [3.8, 4) is 0 Å². The Labute approximate surface area is 75.1 Å². The average Bonchev–Trinajstić information content (AvgIpc) is 2.12. The molecule has 0 fully saturated rings. The lowest BCUT2D eigenvalue weighted by atomic mass is 10.0. The van der Waals surface area contributed by atoms with Crippen LogP contribution in [0.5, 0.6) is 0 Å². The van der Waals surface area contributed by atoms with Gasteiger partial charge in [0.25, 0.3) is 0 Å². The van der Waals surface area contributed by atoms with Gasteiger partial charge in [0.1, 0.15) is 24.4 Å². The van der Waals surface area contributed by atoms with Gasteiger partial charge in [-0.3, -0.25) is 4.79 Å². The third kappa shape index (κ3) is 3.37. The van der Waals surface area contributed by atoms with Crippen molar-refractivity contribution < 1.29 is 30.3 Å². The molecule has 0 bridgehead atoms. The molecule has 0 aromatic heterocycles. The van der Waals surface area contributed by atoms with E-state index in [0.29, 0.717) is 0 Å². The minimum absolute atomic E-state index is 0.725. The van der Waals surface area contributed by atoms with Crippen molar-refractivity contribution in [3.05, 3.63) is 0 Å². The molecular weight excluding hydrogens is 180 g/mol. The van der Waals surface area contributed by atoms with Gasteiger partial charge in [-0.2, -0.15) is 0 Å². The Morgan fingerprint density at radius 1 is 1.15 bits per heavy atom. The molecule has 0 amide bonds. The first kappa shape index (κ1) is 12.5. The molecule has 0 aliphatic heterocycles. The van der Waals surface area contributed by atoms with Crippen molar-refractivity contribution in [1.29, 1.82) is 0 Å². The molecule has 13 heavy (non-hydrogen) atoms. The second-order valence-corrected chi connectivity index (χ2v) is 2.79. The third-order valence-corrected chi connectivity index (χ3v) is 1.67. The minimum Gasteiger partial charge on any atom is -0.394 e. The van der Waals surface area contributed by atoms with Crippen LogP contribution in [-0.2, 0) is 4.79 Å². The van der Waals surface area contributed by atoms with Crippen molar-refractivity contribution >= 4 is 5.78 Å². The molecule has 0 heterocycles. The zero-order chi connectivity index (χ0) is 10.6. The van der Waals surface area contributed by atoms with E-state index in [9.17, 15) is 4.79 Å². The maximum atomic E-state index is 10.5. The Morgan fingerprint density at radius 3 is 1.92 bits per heavy atom. The van der Waals surface area contributed by atoms with Crippen molar-refractivity contribution in [3.63, 3.8) is 0 Å². The highest BCUT2D eigenvalue weighted by atomic mass is 16.4. The van der Waals surface area contributed by atoms with Crippen LogP contribution in [0.15, 0.2) is 0 Å². The van der Waals surface area contributed by atoms with Gasteiger partial charge in [-0.05, 0) is 6.92 Å². The normalized spacial score (nSPS) is 20.5. The van der Waals surface area contributed by atoms with Gasteiger partial charge in [-0.25, -0.2) is 0 Å². The van der Waals surface area contributed by atoms with Gasteiger partial charge in [-0.1, -0.05) is 0 Å². The summed E-state index contributed by atoms with van der Waals surface area (Å²) in [7, 11) is 0. The van der Waals surface area contributed by atoms with Crippen LogP contribution in [0, 0.1) is 0 Å². The SMILES string of the molecule is CC(=O)C(O)[C@H](O)[C@@H](O)[C@H](O)CO. The van der Waals surface area contributed by atoms with E-state index < -0.39 is 36.8 Å². The molecule has 4 atom stereocenters. The van der Waals surface area contributed by atoms with E-state index in [1.165, 1.54) is 0 Å². The number of carbonyl (C=O) groups excluding carboxylic acids is 1. The zero-order valence-electron chi connectivity index (χ0n) is 7.16. The number of Topliss-reactive ketones (excluding diaryl/α,β-unsaturated/α-hetero) is 1. The van der Waals surface area contributed by atoms with Crippen LogP contribution < -0.4 is 0 Å². The van der Waals surface area contributed by atoms with Gasteiger partial charge in [0.15, 0.2) is 5.78 Å². The van der Waals surface area contributed by atoms with Gasteiger partial charge in [0.2, 0.25) is 0 Å². The maximum Gasteiger partial charge on any atom is 0.160 e. The summed E-state index contributed by atoms with van der Waals surface area (Å²) in [5.74, 6) is -0.725. The second-order valence-electron chi connectivity index (χ2n) is 2.79. The molecule has 0 aliphatic carbocycles. The van der Waals surface area contributed by atoms with Gasteiger partial charge < -0.3 is 25.5 Å². The molecule has 0 rings (SSSR count). The molecule has 0 saturated heterocycles. The van der Waals surface area contributed by atoms with E-state index in [4.69, 9.17) is 25.5 Å². The average molecular weight is 194 g/mol. The van der Waals surface area contributed by atoms with Crippen molar-refractivity contribution in [2.45, 2.75) is 31.3 Å². The Balaban J connectivity index is 4.24. The Hall–Kier alpha value is -0.530. The fourth-order valence-electron chi connectivity index (χ4n) is 0.763. The minimum atomic E-state index is -1.79. The predicted molar refractivity (Wildman–Crippen MR) is 41.8 cm³/mol.